The van der Waals surface area contributed by atoms with E-state index in [9.17, 15) is 19.7 Å². The number of carbonyl (C=O) groups is 2. The summed E-state index contributed by atoms with van der Waals surface area (Å²) in [4.78, 5) is 35.3. The number of thiophene rings is 1. The van der Waals surface area contributed by atoms with Gasteiger partial charge in [-0.25, -0.2) is 9.59 Å². The number of nitrogens with zero attached hydrogens (tertiary/aromatic N) is 1. The Morgan fingerprint density at radius 1 is 1.18 bits per heavy atom. The SMILES string of the molecule is CCOC(=O)c1sc(N)c(C(=O)OCC)c1COc1cc(C)ccc1[N+](=O)[O-]. The lowest BCUT2D eigenvalue weighted by atomic mass is 10.1. The molecule has 0 saturated heterocycles. The molecule has 150 valence electrons. The van der Waals surface area contributed by atoms with Gasteiger partial charge < -0.3 is 19.9 Å². The quantitative estimate of drug-likeness (QED) is 0.399. The summed E-state index contributed by atoms with van der Waals surface area (Å²) in [5, 5.41) is 11.3. The summed E-state index contributed by atoms with van der Waals surface area (Å²) in [5.74, 6) is -1.35. The van der Waals surface area contributed by atoms with Gasteiger partial charge in [-0.1, -0.05) is 6.07 Å². The smallest absolute Gasteiger partial charge is 0.348 e. The summed E-state index contributed by atoms with van der Waals surface area (Å²) < 4.78 is 15.6. The molecule has 0 bridgehead atoms. The van der Waals surface area contributed by atoms with E-state index >= 15 is 0 Å². The van der Waals surface area contributed by atoms with E-state index in [4.69, 9.17) is 19.9 Å². The second-order valence-corrected chi connectivity index (χ2v) is 6.66. The van der Waals surface area contributed by atoms with Crippen LogP contribution in [0.5, 0.6) is 5.75 Å². The summed E-state index contributed by atoms with van der Waals surface area (Å²) in [7, 11) is 0. The van der Waals surface area contributed by atoms with Crippen LogP contribution in [0.25, 0.3) is 0 Å². The van der Waals surface area contributed by atoms with Crippen molar-refractivity contribution in [2.45, 2.75) is 27.4 Å². The minimum atomic E-state index is -0.704. The Hall–Kier alpha value is -3.14. The fourth-order valence-corrected chi connectivity index (χ4v) is 3.40. The van der Waals surface area contributed by atoms with Gasteiger partial charge in [0.05, 0.1) is 18.1 Å². The first kappa shape index (κ1) is 21.2. The number of ether oxygens (including phenoxy) is 3. The molecular formula is C18H20N2O7S. The largest absolute Gasteiger partial charge is 0.482 e. The molecule has 0 aliphatic rings. The van der Waals surface area contributed by atoms with Crippen LogP contribution in [-0.4, -0.2) is 30.1 Å². The average molecular weight is 408 g/mol. The maximum atomic E-state index is 12.3. The van der Waals surface area contributed by atoms with Crippen molar-refractivity contribution in [3.63, 3.8) is 0 Å². The standard InChI is InChI=1S/C18H20N2O7S/c1-4-25-17(21)14-11(15(28-16(14)19)18(22)26-5-2)9-27-13-8-10(3)6-7-12(13)20(23)24/h6-8H,4-5,9,19H2,1-3H3. The molecule has 0 fully saturated rings. The van der Waals surface area contributed by atoms with Crippen LogP contribution in [0.1, 0.15) is 45.0 Å². The van der Waals surface area contributed by atoms with Gasteiger partial charge in [0, 0.05) is 11.6 Å². The molecule has 2 rings (SSSR count). The minimum absolute atomic E-state index is 0.00482. The number of nitrogens with two attached hydrogens (primary N) is 1. The van der Waals surface area contributed by atoms with Crippen molar-refractivity contribution < 1.29 is 28.7 Å². The van der Waals surface area contributed by atoms with Gasteiger partial charge in [0.2, 0.25) is 0 Å². The maximum Gasteiger partial charge on any atom is 0.348 e. The first-order valence-corrected chi connectivity index (χ1v) is 9.24. The molecule has 2 aromatic rings. The lowest BCUT2D eigenvalue weighted by molar-refractivity contribution is -0.386. The zero-order valence-corrected chi connectivity index (χ0v) is 16.5. The third kappa shape index (κ3) is 4.58. The van der Waals surface area contributed by atoms with Gasteiger partial charge in [0.15, 0.2) is 5.75 Å². The van der Waals surface area contributed by atoms with Crippen LogP contribution in [0.2, 0.25) is 0 Å². The van der Waals surface area contributed by atoms with E-state index in [-0.39, 0.29) is 52.3 Å². The molecule has 2 N–H and O–H groups in total. The molecule has 1 aromatic heterocycles. The molecule has 28 heavy (non-hydrogen) atoms. The zero-order valence-electron chi connectivity index (χ0n) is 15.6. The molecule has 0 saturated carbocycles. The third-order valence-electron chi connectivity index (χ3n) is 3.66. The molecule has 0 aliphatic carbocycles. The third-order valence-corrected chi connectivity index (χ3v) is 4.70. The highest BCUT2D eigenvalue weighted by Crippen LogP contribution is 2.35. The monoisotopic (exact) mass is 408 g/mol. The van der Waals surface area contributed by atoms with Crippen molar-refractivity contribution in [2.24, 2.45) is 0 Å². The Morgan fingerprint density at radius 2 is 1.82 bits per heavy atom. The molecule has 1 aromatic carbocycles. The van der Waals surface area contributed by atoms with Crippen LogP contribution in [-0.2, 0) is 16.1 Å². The summed E-state index contributed by atoms with van der Waals surface area (Å²) in [6, 6.07) is 4.41. The number of nitro groups is 1. The number of benzene rings is 1. The Labute approximate surface area is 165 Å². The van der Waals surface area contributed by atoms with Gasteiger partial charge in [-0.2, -0.15) is 0 Å². The van der Waals surface area contributed by atoms with Gasteiger partial charge in [-0.05, 0) is 32.4 Å². The van der Waals surface area contributed by atoms with Gasteiger partial charge in [0.25, 0.3) is 0 Å². The Balaban J connectivity index is 2.46. The fourth-order valence-electron chi connectivity index (χ4n) is 2.45. The van der Waals surface area contributed by atoms with Gasteiger partial charge in [-0.3, -0.25) is 10.1 Å². The zero-order chi connectivity index (χ0) is 20.8. The number of anilines is 1. The molecule has 0 amide bonds. The molecule has 0 aliphatic heterocycles. The Bertz CT molecular complexity index is 908. The molecule has 9 nitrogen and oxygen atoms in total. The molecule has 0 unspecified atom stereocenters. The Morgan fingerprint density at radius 3 is 2.43 bits per heavy atom. The van der Waals surface area contributed by atoms with Crippen LogP contribution >= 0.6 is 11.3 Å². The van der Waals surface area contributed by atoms with E-state index in [0.717, 1.165) is 16.9 Å². The number of nitrogen functional groups attached to an aromatic ring is 1. The first-order valence-electron chi connectivity index (χ1n) is 8.43. The van der Waals surface area contributed by atoms with Crippen molar-refractivity contribution in [1.29, 1.82) is 0 Å². The van der Waals surface area contributed by atoms with Crippen LogP contribution < -0.4 is 10.5 Å². The highest BCUT2D eigenvalue weighted by atomic mass is 32.1. The van der Waals surface area contributed by atoms with Gasteiger partial charge in [0.1, 0.15) is 22.0 Å². The predicted octanol–water partition coefficient (Wildman–Crippen LogP) is 3.48. The van der Waals surface area contributed by atoms with E-state index in [1.807, 2.05) is 0 Å². The average Bonchev–Trinajstić information content (AvgIpc) is 2.96. The minimum Gasteiger partial charge on any atom is -0.482 e. The number of rotatable bonds is 8. The molecular weight excluding hydrogens is 388 g/mol. The number of hydrogen-bond donors (Lipinski definition) is 1. The van der Waals surface area contributed by atoms with E-state index in [1.54, 1.807) is 26.8 Å². The molecule has 0 atom stereocenters. The molecule has 0 spiro atoms. The Kier molecular flexibility index (Phi) is 6.94. The predicted molar refractivity (Wildman–Crippen MR) is 103 cm³/mol. The maximum absolute atomic E-state index is 12.3. The van der Waals surface area contributed by atoms with Crippen molar-refractivity contribution in [1.82, 2.24) is 0 Å². The number of esters is 2. The van der Waals surface area contributed by atoms with Crippen molar-refractivity contribution in [3.05, 3.63) is 49.9 Å². The topological polar surface area (TPSA) is 131 Å². The van der Waals surface area contributed by atoms with Crippen LogP contribution in [0.15, 0.2) is 18.2 Å². The van der Waals surface area contributed by atoms with E-state index in [0.29, 0.717) is 0 Å². The van der Waals surface area contributed by atoms with Crippen molar-refractivity contribution in [2.75, 3.05) is 18.9 Å². The van der Waals surface area contributed by atoms with Crippen molar-refractivity contribution >= 4 is 34.0 Å². The highest BCUT2D eigenvalue weighted by molar-refractivity contribution is 7.18. The molecule has 10 heteroatoms. The van der Waals surface area contributed by atoms with E-state index in [1.165, 1.54) is 12.1 Å². The summed E-state index contributed by atoms with van der Waals surface area (Å²) >= 11 is 0.881. The highest BCUT2D eigenvalue weighted by Gasteiger charge is 2.28. The van der Waals surface area contributed by atoms with E-state index in [2.05, 4.69) is 0 Å². The fraction of sp³-hybridized carbons (Fsp3) is 0.333. The lowest BCUT2D eigenvalue weighted by Crippen LogP contribution is -2.13. The van der Waals surface area contributed by atoms with Crippen LogP contribution in [0.3, 0.4) is 0 Å². The number of nitro benzene ring substituents is 1. The molecule has 1 heterocycles. The number of hydrogen-bond acceptors (Lipinski definition) is 9. The van der Waals surface area contributed by atoms with Crippen LogP contribution in [0.4, 0.5) is 10.7 Å². The number of aryl methyl sites for hydroxylation is 1. The van der Waals surface area contributed by atoms with Gasteiger partial charge in [-0.15, -0.1) is 11.3 Å². The van der Waals surface area contributed by atoms with Gasteiger partial charge >= 0.3 is 17.6 Å². The second-order valence-electron chi connectivity index (χ2n) is 5.61. The van der Waals surface area contributed by atoms with E-state index < -0.39 is 16.9 Å². The normalized spacial score (nSPS) is 10.4. The second kappa shape index (κ2) is 9.18. The first-order chi connectivity index (χ1) is 13.3. The lowest BCUT2D eigenvalue weighted by Gasteiger charge is -2.10. The summed E-state index contributed by atoms with van der Waals surface area (Å²) in [6.45, 7) is 5.00. The molecule has 0 radical (unpaired) electrons. The number of carbonyl (C=O) groups excluding carboxylic acids is 2. The summed E-state index contributed by atoms with van der Waals surface area (Å²) in [6.07, 6.45) is 0. The summed E-state index contributed by atoms with van der Waals surface area (Å²) in [5.41, 5.74) is 6.62. The van der Waals surface area contributed by atoms with Crippen molar-refractivity contribution in [3.8, 4) is 5.75 Å². The van der Waals surface area contributed by atoms with Crippen LogP contribution in [0, 0.1) is 17.0 Å².